The van der Waals surface area contributed by atoms with Crippen LogP contribution in [0.4, 0.5) is 28.6 Å². The van der Waals surface area contributed by atoms with Crippen molar-refractivity contribution >= 4 is 34.5 Å². The molecule has 1 aliphatic heterocycles. The second-order valence-corrected chi connectivity index (χ2v) is 8.31. The Bertz CT molecular complexity index is 1150. The quantitative estimate of drug-likeness (QED) is 0.349. The Kier molecular flexibility index (Phi) is 6.28. The molecule has 0 saturated carbocycles. The van der Waals surface area contributed by atoms with Gasteiger partial charge in [-0.3, -0.25) is 4.79 Å². The van der Waals surface area contributed by atoms with E-state index in [2.05, 4.69) is 40.1 Å². The second-order valence-electron chi connectivity index (χ2n) is 8.31. The van der Waals surface area contributed by atoms with Crippen LogP contribution in [-0.2, 0) is 6.54 Å². The maximum absolute atomic E-state index is 13.2. The van der Waals surface area contributed by atoms with E-state index < -0.39 is 0 Å². The summed E-state index contributed by atoms with van der Waals surface area (Å²) >= 11 is 0. The van der Waals surface area contributed by atoms with Crippen LogP contribution < -0.4 is 21.3 Å². The molecule has 2 heterocycles. The van der Waals surface area contributed by atoms with Crippen LogP contribution in [0.25, 0.3) is 0 Å². The lowest BCUT2D eigenvalue weighted by Gasteiger charge is -2.14. The molecule has 7 nitrogen and oxygen atoms in total. The molecule has 1 aliphatic rings. The molecule has 1 unspecified atom stereocenters. The molecule has 0 spiro atoms. The van der Waals surface area contributed by atoms with Crippen molar-refractivity contribution in [3.63, 3.8) is 0 Å². The van der Waals surface area contributed by atoms with Gasteiger partial charge in [0.05, 0.1) is 17.1 Å². The molecule has 3 aromatic rings. The van der Waals surface area contributed by atoms with Crippen molar-refractivity contribution in [3.05, 3.63) is 65.4 Å². The SMILES string of the molecule is CCC(C)CNCc1ccc2c(c1)NC(=O)c1c(Nc3cc(O)ccc3C)ccnc1N2. The topological polar surface area (TPSA) is 98.3 Å². The molecule has 0 bridgehead atoms. The van der Waals surface area contributed by atoms with Gasteiger partial charge in [0.2, 0.25) is 0 Å². The Hall–Kier alpha value is -3.58. The fraction of sp³-hybridized carbons (Fsp3) is 0.280. The Labute approximate surface area is 188 Å². The van der Waals surface area contributed by atoms with Crippen molar-refractivity contribution in [2.45, 2.75) is 33.7 Å². The number of nitrogens with one attached hydrogen (secondary N) is 4. The number of aryl methyl sites for hydroxylation is 1. The first-order chi connectivity index (χ1) is 15.4. The van der Waals surface area contributed by atoms with Crippen molar-refractivity contribution in [1.82, 2.24) is 10.3 Å². The summed E-state index contributed by atoms with van der Waals surface area (Å²) in [6.45, 7) is 8.04. The molecule has 166 valence electrons. The number of pyridine rings is 1. The first-order valence-corrected chi connectivity index (χ1v) is 10.9. The maximum Gasteiger partial charge on any atom is 0.261 e. The zero-order valence-electron chi connectivity index (χ0n) is 18.6. The van der Waals surface area contributed by atoms with Gasteiger partial charge >= 0.3 is 0 Å². The largest absolute Gasteiger partial charge is 0.508 e. The fourth-order valence-corrected chi connectivity index (χ4v) is 3.61. The van der Waals surface area contributed by atoms with Crippen molar-refractivity contribution in [2.75, 3.05) is 22.5 Å². The van der Waals surface area contributed by atoms with Gasteiger partial charge in [-0.15, -0.1) is 0 Å². The minimum Gasteiger partial charge on any atom is -0.508 e. The number of fused-ring (bicyclic) bond motifs is 2. The van der Waals surface area contributed by atoms with Crippen LogP contribution in [0, 0.1) is 12.8 Å². The third kappa shape index (κ3) is 4.68. The van der Waals surface area contributed by atoms with E-state index in [0.717, 1.165) is 47.7 Å². The molecule has 0 aliphatic carbocycles. The van der Waals surface area contributed by atoms with Gasteiger partial charge in [-0.1, -0.05) is 32.4 Å². The predicted octanol–water partition coefficient (Wildman–Crippen LogP) is 5.28. The molecule has 5 N–H and O–H groups in total. The Morgan fingerprint density at radius 1 is 1.06 bits per heavy atom. The summed E-state index contributed by atoms with van der Waals surface area (Å²) in [6, 6.07) is 12.8. The molecule has 4 rings (SSSR count). The van der Waals surface area contributed by atoms with Crippen LogP contribution in [0.1, 0.15) is 41.8 Å². The molecule has 0 radical (unpaired) electrons. The van der Waals surface area contributed by atoms with E-state index >= 15 is 0 Å². The average Bonchev–Trinajstić information content (AvgIpc) is 2.92. The number of carbonyl (C=O) groups is 1. The number of nitrogens with zero attached hydrogens (tertiary/aromatic N) is 1. The van der Waals surface area contributed by atoms with Crippen LogP contribution in [0.2, 0.25) is 0 Å². The number of phenols is 1. The number of aromatic nitrogens is 1. The van der Waals surface area contributed by atoms with Crippen LogP contribution >= 0.6 is 0 Å². The number of benzene rings is 2. The number of hydrogen-bond donors (Lipinski definition) is 5. The van der Waals surface area contributed by atoms with Crippen LogP contribution in [-0.4, -0.2) is 22.5 Å². The Balaban J connectivity index is 1.59. The standard InChI is InChI=1S/C25H29N5O2/c1-4-15(2)13-26-14-17-6-8-19-22(11-17)30-25(32)23-20(9-10-27-24(23)29-19)28-21-12-18(31)7-5-16(21)3/h5-12,15,26,31H,4,13-14H2,1-3H3,(H,30,32)(H2,27,28,29). The Morgan fingerprint density at radius 3 is 2.72 bits per heavy atom. The van der Waals surface area contributed by atoms with Crippen molar-refractivity contribution in [1.29, 1.82) is 0 Å². The number of phenolic OH excluding ortho intramolecular Hbond substituents is 1. The maximum atomic E-state index is 13.2. The number of carbonyl (C=O) groups excluding carboxylic acids is 1. The van der Waals surface area contributed by atoms with Gasteiger partial charge in [0.1, 0.15) is 17.1 Å². The van der Waals surface area contributed by atoms with Crippen molar-refractivity contribution in [2.24, 2.45) is 5.92 Å². The molecule has 32 heavy (non-hydrogen) atoms. The van der Waals surface area contributed by atoms with E-state index in [1.807, 2.05) is 31.2 Å². The van der Waals surface area contributed by atoms with Crippen molar-refractivity contribution < 1.29 is 9.90 Å². The Morgan fingerprint density at radius 2 is 1.91 bits per heavy atom. The van der Waals surface area contributed by atoms with Crippen molar-refractivity contribution in [3.8, 4) is 5.75 Å². The lowest BCUT2D eigenvalue weighted by atomic mass is 10.1. The fourth-order valence-electron chi connectivity index (χ4n) is 3.61. The van der Waals surface area contributed by atoms with Gasteiger partial charge in [-0.05, 0) is 54.8 Å². The molecule has 1 aromatic heterocycles. The summed E-state index contributed by atoms with van der Waals surface area (Å²) in [5, 5.41) is 22.9. The normalized spacial score (nSPS) is 13.3. The number of rotatable bonds is 7. The van der Waals surface area contributed by atoms with E-state index in [4.69, 9.17) is 0 Å². The molecule has 1 atom stereocenters. The second kappa shape index (κ2) is 9.28. The van der Waals surface area contributed by atoms with Gasteiger partial charge in [0, 0.05) is 24.5 Å². The average molecular weight is 432 g/mol. The molecule has 1 amide bonds. The summed E-state index contributed by atoms with van der Waals surface area (Å²) in [4.78, 5) is 17.6. The van der Waals surface area contributed by atoms with Gasteiger partial charge in [0.25, 0.3) is 5.91 Å². The summed E-state index contributed by atoms with van der Waals surface area (Å²) < 4.78 is 0. The lowest BCUT2D eigenvalue weighted by molar-refractivity contribution is 0.102. The minimum absolute atomic E-state index is 0.155. The number of hydrogen-bond acceptors (Lipinski definition) is 6. The zero-order chi connectivity index (χ0) is 22.7. The van der Waals surface area contributed by atoms with Gasteiger partial charge < -0.3 is 26.4 Å². The molecule has 2 aromatic carbocycles. The number of aromatic hydroxyl groups is 1. The minimum atomic E-state index is -0.246. The summed E-state index contributed by atoms with van der Waals surface area (Å²) in [5.41, 5.74) is 5.31. The highest BCUT2D eigenvalue weighted by Crippen LogP contribution is 2.36. The van der Waals surface area contributed by atoms with E-state index in [-0.39, 0.29) is 11.7 Å². The van der Waals surface area contributed by atoms with E-state index in [1.165, 1.54) is 0 Å². The van der Waals surface area contributed by atoms with Gasteiger partial charge in [0.15, 0.2) is 0 Å². The predicted molar refractivity (Wildman–Crippen MR) is 129 cm³/mol. The highest BCUT2D eigenvalue weighted by atomic mass is 16.3. The third-order valence-electron chi connectivity index (χ3n) is 5.77. The van der Waals surface area contributed by atoms with Gasteiger partial charge in [-0.25, -0.2) is 4.98 Å². The summed E-state index contributed by atoms with van der Waals surface area (Å²) in [7, 11) is 0. The molecule has 0 saturated heterocycles. The van der Waals surface area contributed by atoms with Gasteiger partial charge in [-0.2, -0.15) is 0 Å². The van der Waals surface area contributed by atoms with E-state index in [1.54, 1.807) is 24.4 Å². The third-order valence-corrected chi connectivity index (χ3v) is 5.77. The molecule has 0 fully saturated rings. The first kappa shape index (κ1) is 21.6. The summed E-state index contributed by atoms with van der Waals surface area (Å²) in [6.07, 6.45) is 2.79. The first-order valence-electron chi connectivity index (χ1n) is 10.9. The van der Waals surface area contributed by atoms with Crippen LogP contribution in [0.5, 0.6) is 5.75 Å². The van der Waals surface area contributed by atoms with E-state index in [0.29, 0.717) is 23.0 Å². The zero-order valence-corrected chi connectivity index (χ0v) is 18.6. The van der Waals surface area contributed by atoms with Crippen LogP contribution in [0.15, 0.2) is 48.7 Å². The monoisotopic (exact) mass is 431 g/mol. The number of amides is 1. The van der Waals surface area contributed by atoms with Crippen LogP contribution in [0.3, 0.4) is 0 Å². The van der Waals surface area contributed by atoms with E-state index in [9.17, 15) is 9.90 Å². The smallest absolute Gasteiger partial charge is 0.261 e. The summed E-state index contributed by atoms with van der Waals surface area (Å²) in [5.74, 6) is 1.01. The highest BCUT2D eigenvalue weighted by molar-refractivity contribution is 6.15. The molecule has 7 heteroatoms. The lowest BCUT2D eigenvalue weighted by Crippen LogP contribution is -2.20. The molecular weight excluding hydrogens is 402 g/mol. The number of anilines is 5. The highest BCUT2D eigenvalue weighted by Gasteiger charge is 2.24. The molecular formula is C25H29N5O2.